The number of aliphatic hydroxyl groups is 1. The molecule has 13 heavy (non-hydrogen) atoms. The van der Waals surface area contributed by atoms with Crippen molar-refractivity contribution in [2.24, 2.45) is 0 Å². The quantitative estimate of drug-likeness (QED) is 0.371. The summed E-state index contributed by atoms with van der Waals surface area (Å²) in [6.45, 7) is -2.06. The smallest absolute Gasteiger partial charge is 0.377 e. The van der Waals surface area contributed by atoms with Gasteiger partial charge in [-0.25, -0.2) is 9.59 Å². The highest BCUT2D eigenvalue weighted by Crippen LogP contribution is 1.82. The van der Waals surface area contributed by atoms with Gasteiger partial charge in [-0.2, -0.15) is 0 Å². The van der Waals surface area contributed by atoms with E-state index in [-0.39, 0.29) is 0 Å². The van der Waals surface area contributed by atoms with E-state index < -0.39 is 36.7 Å². The maximum Gasteiger partial charge on any atom is 0.377 e. The topological polar surface area (TPSA) is 118 Å². The third kappa shape index (κ3) is 3.97. The minimum atomic E-state index is -1.76. The zero-order valence-corrected chi connectivity index (χ0v) is 6.35. The lowest BCUT2D eigenvalue weighted by Gasteiger charge is -1.98. The van der Waals surface area contributed by atoms with Crippen LogP contribution in [0, 0.1) is 0 Å². The van der Waals surface area contributed by atoms with Gasteiger partial charge in [0.25, 0.3) is 11.6 Å². The number of rotatable bonds is 5. The van der Waals surface area contributed by atoms with Crippen molar-refractivity contribution in [3.63, 3.8) is 0 Å². The standard InChI is InChI=1S/C6H6O7/c7-1-3(8)6(12)13-2-4(9)5(10)11/h7H,1-2H2,(H,10,11). The van der Waals surface area contributed by atoms with Crippen LogP contribution in [0.15, 0.2) is 0 Å². The van der Waals surface area contributed by atoms with Crippen LogP contribution in [0.3, 0.4) is 0 Å². The summed E-state index contributed by atoms with van der Waals surface area (Å²) >= 11 is 0. The van der Waals surface area contributed by atoms with Crippen molar-refractivity contribution in [2.45, 2.75) is 0 Å². The fourth-order valence-corrected chi connectivity index (χ4v) is 0.338. The Hall–Kier alpha value is -1.76. The molecule has 0 rings (SSSR count). The number of ketones is 2. The van der Waals surface area contributed by atoms with Gasteiger partial charge in [0.15, 0.2) is 6.61 Å². The maximum absolute atomic E-state index is 10.4. The highest BCUT2D eigenvalue weighted by molar-refractivity contribution is 6.36. The van der Waals surface area contributed by atoms with Gasteiger partial charge in [0.1, 0.15) is 6.61 Å². The van der Waals surface area contributed by atoms with Crippen LogP contribution < -0.4 is 0 Å². The molecule has 0 aliphatic rings. The lowest BCUT2D eigenvalue weighted by molar-refractivity contribution is -0.160. The molecule has 0 aromatic rings. The van der Waals surface area contributed by atoms with E-state index in [2.05, 4.69) is 4.74 Å². The summed E-state index contributed by atoms with van der Waals surface area (Å²) in [7, 11) is 0. The number of carbonyl (C=O) groups excluding carboxylic acids is 3. The van der Waals surface area contributed by atoms with Crippen LogP contribution in [0.4, 0.5) is 0 Å². The Kier molecular flexibility index (Phi) is 4.31. The van der Waals surface area contributed by atoms with Crippen LogP contribution in [-0.4, -0.2) is 46.9 Å². The number of aliphatic hydroxyl groups excluding tert-OH is 1. The van der Waals surface area contributed by atoms with Crippen LogP contribution in [0.2, 0.25) is 0 Å². The normalized spacial score (nSPS) is 9.00. The predicted molar refractivity (Wildman–Crippen MR) is 35.7 cm³/mol. The van der Waals surface area contributed by atoms with Gasteiger partial charge < -0.3 is 14.9 Å². The minimum Gasteiger partial charge on any atom is -0.475 e. The molecule has 7 nitrogen and oxygen atoms in total. The van der Waals surface area contributed by atoms with Gasteiger partial charge in [0.2, 0.25) is 0 Å². The Morgan fingerprint density at radius 3 is 2.00 bits per heavy atom. The van der Waals surface area contributed by atoms with Crippen molar-refractivity contribution in [1.29, 1.82) is 0 Å². The van der Waals surface area contributed by atoms with E-state index in [1.807, 2.05) is 0 Å². The molecule has 0 aliphatic heterocycles. The fraction of sp³-hybridized carbons (Fsp3) is 0.333. The van der Waals surface area contributed by atoms with Crippen molar-refractivity contribution in [3.05, 3.63) is 0 Å². The number of hydrogen-bond acceptors (Lipinski definition) is 6. The molecule has 0 bridgehead atoms. The molecular formula is C6H6O7. The van der Waals surface area contributed by atoms with Gasteiger partial charge in [-0.1, -0.05) is 0 Å². The summed E-state index contributed by atoms with van der Waals surface area (Å²) in [5.41, 5.74) is 0. The average molecular weight is 190 g/mol. The molecule has 0 heterocycles. The van der Waals surface area contributed by atoms with E-state index in [4.69, 9.17) is 10.2 Å². The average Bonchev–Trinajstić information content (AvgIpc) is 2.11. The summed E-state index contributed by atoms with van der Waals surface area (Å²) in [4.78, 5) is 40.9. The molecule has 0 aromatic heterocycles. The van der Waals surface area contributed by atoms with E-state index in [9.17, 15) is 19.2 Å². The first-order chi connectivity index (χ1) is 5.99. The van der Waals surface area contributed by atoms with E-state index in [0.29, 0.717) is 0 Å². The molecule has 72 valence electrons. The molecule has 0 radical (unpaired) electrons. The summed E-state index contributed by atoms with van der Waals surface area (Å²) < 4.78 is 3.94. The number of Topliss-reactive ketones (excluding diaryl/α,β-unsaturated/α-hetero) is 2. The highest BCUT2D eigenvalue weighted by atomic mass is 16.5. The Balaban J connectivity index is 3.90. The van der Waals surface area contributed by atoms with Crippen molar-refractivity contribution < 1.29 is 34.1 Å². The maximum atomic E-state index is 10.4. The second-order valence-corrected chi connectivity index (χ2v) is 1.89. The fourth-order valence-electron chi connectivity index (χ4n) is 0.338. The minimum absolute atomic E-state index is 1.01. The van der Waals surface area contributed by atoms with Crippen LogP contribution in [-0.2, 0) is 23.9 Å². The van der Waals surface area contributed by atoms with Crippen molar-refractivity contribution in [2.75, 3.05) is 13.2 Å². The molecule has 0 unspecified atom stereocenters. The molecular weight excluding hydrogens is 184 g/mol. The van der Waals surface area contributed by atoms with E-state index in [1.54, 1.807) is 0 Å². The van der Waals surface area contributed by atoms with Gasteiger partial charge in [0.05, 0.1) is 0 Å². The van der Waals surface area contributed by atoms with Gasteiger partial charge in [-0.05, 0) is 0 Å². The van der Waals surface area contributed by atoms with Crippen LogP contribution in [0.25, 0.3) is 0 Å². The number of carboxylic acid groups (broad SMARTS) is 1. The second-order valence-electron chi connectivity index (χ2n) is 1.89. The number of esters is 1. The summed E-state index contributed by atoms with van der Waals surface area (Å²) in [6, 6.07) is 0. The number of aliphatic carboxylic acids is 1. The number of ether oxygens (including phenoxy) is 1. The van der Waals surface area contributed by atoms with Gasteiger partial charge >= 0.3 is 11.9 Å². The van der Waals surface area contributed by atoms with Crippen LogP contribution >= 0.6 is 0 Å². The Labute approximate surface area is 71.9 Å². The second kappa shape index (κ2) is 4.99. The van der Waals surface area contributed by atoms with Crippen molar-refractivity contribution >= 4 is 23.5 Å². The first-order valence-corrected chi connectivity index (χ1v) is 3.06. The molecule has 7 heteroatoms. The SMILES string of the molecule is O=C(O)C(=O)COC(=O)C(=O)CO. The predicted octanol–water partition coefficient (Wildman–Crippen LogP) is -2.26. The molecule has 2 N–H and O–H groups in total. The van der Waals surface area contributed by atoms with Crippen molar-refractivity contribution in [3.8, 4) is 0 Å². The molecule has 0 aliphatic carbocycles. The largest absolute Gasteiger partial charge is 0.475 e. The lowest BCUT2D eigenvalue weighted by Crippen LogP contribution is -2.26. The van der Waals surface area contributed by atoms with Crippen LogP contribution in [0.1, 0.15) is 0 Å². The molecule has 0 saturated carbocycles. The molecule has 0 atom stereocenters. The van der Waals surface area contributed by atoms with Crippen molar-refractivity contribution in [1.82, 2.24) is 0 Å². The van der Waals surface area contributed by atoms with E-state index >= 15 is 0 Å². The van der Waals surface area contributed by atoms with Crippen LogP contribution in [0.5, 0.6) is 0 Å². The lowest BCUT2D eigenvalue weighted by atomic mass is 10.4. The highest BCUT2D eigenvalue weighted by Gasteiger charge is 2.18. The third-order valence-corrected chi connectivity index (χ3v) is 0.944. The first kappa shape index (κ1) is 11.2. The Morgan fingerprint density at radius 2 is 1.62 bits per heavy atom. The number of hydrogen-bond donors (Lipinski definition) is 2. The summed E-state index contributed by atoms with van der Waals surface area (Å²) in [5.74, 6) is -5.78. The summed E-state index contributed by atoms with van der Waals surface area (Å²) in [5, 5.41) is 16.1. The third-order valence-electron chi connectivity index (χ3n) is 0.944. The summed E-state index contributed by atoms with van der Waals surface area (Å²) in [6.07, 6.45) is 0. The molecule has 0 amide bonds. The van der Waals surface area contributed by atoms with Gasteiger partial charge in [-0.15, -0.1) is 0 Å². The molecule has 0 aromatic carbocycles. The number of carboxylic acids is 1. The molecule has 0 saturated heterocycles. The Morgan fingerprint density at radius 1 is 1.08 bits per heavy atom. The number of carbonyl (C=O) groups is 4. The Bertz CT molecular complexity index is 254. The van der Waals surface area contributed by atoms with Gasteiger partial charge in [0, 0.05) is 0 Å². The monoisotopic (exact) mass is 190 g/mol. The van der Waals surface area contributed by atoms with Gasteiger partial charge in [-0.3, -0.25) is 9.59 Å². The zero-order chi connectivity index (χ0) is 10.4. The molecule has 0 fully saturated rings. The van der Waals surface area contributed by atoms with E-state index in [0.717, 1.165) is 0 Å². The zero-order valence-electron chi connectivity index (χ0n) is 6.35. The van der Waals surface area contributed by atoms with E-state index in [1.165, 1.54) is 0 Å². The molecule has 0 spiro atoms. The first-order valence-electron chi connectivity index (χ1n) is 3.06.